The minimum absolute atomic E-state index is 0.324. The monoisotopic (exact) mass is 209 g/mol. The van der Waals surface area contributed by atoms with Gasteiger partial charge < -0.3 is 9.41 Å². The lowest BCUT2D eigenvalue weighted by Crippen LogP contribution is -2.20. The molecule has 0 aliphatic carbocycles. The van der Waals surface area contributed by atoms with Crippen molar-refractivity contribution in [2.45, 2.75) is 12.8 Å². The van der Waals surface area contributed by atoms with Gasteiger partial charge in [0.2, 0.25) is 0 Å². The fourth-order valence-corrected chi connectivity index (χ4v) is 2.02. The Balaban J connectivity index is 2.45. The van der Waals surface area contributed by atoms with E-state index in [-0.39, 0.29) is 0 Å². The highest BCUT2D eigenvalue weighted by Crippen LogP contribution is 2.29. The van der Waals surface area contributed by atoms with Crippen LogP contribution in [-0.2, 0) is 6.42 Å². The minimum atomic E-state index is -0.889. The Bertz CT molecular complexity index is 378. The molecular formula is C10H11NO2S. The molecule has 0 saturated heterocycles. The number of hydrogen-bond acceptors (Lipinski definition) is 3. The summed E-state index contributed by atoms with van der Waals surface area (Å²) < 4.78 is 1.81. The molecule has 1 heterocycles. The Kier molecular flexibility index (Phi) is 2.37. The van der Waals surface area contributed by atoms with Crippen LogP contribution in [0, 0.1) is 0 Å². The molecule has 0 aromatic heterocycles. The Morgan fingerprint density at radius 3 is 3.00 bits per heavy atom. The van der Waals surface area contributed by atoms with Gasteiger partial charge in [0, 0.05) is 6.54 Å². The number of carboxylic acids is 1. The number of rotatable bonds is 1. The summed E-state index contributed by atoms with van der Waals surface area (Å²) in [5.41, 5.74) is 2.43. The number of nitrogens with zero attached hydrogens (tertiary/aromatic N) is 1. The van der Waals surface area contributed by atoms with Gasteiger partial charge >= 0.3 is 5.97 Å². The van der Waals surface area contributed by atoms with E-state index in [4.69, 9.17) is 5.11 Å². The Morgan fingerprint density at radius 2 is 2.29 bits per heavy atom. The zero-order valence-electron chi connectivity index (χ0n) is 7.60. The van der Waals surface area contributed by atoms with Crippen LogP contribution in [0.1, 0.15) is 22.3 Å². The molecule has 4 heteroatoms. The number of aromatic carboxylic acids is 1. The molecule has 0 bridgehead atoms. The van der Waals surface area contributed by atoms with Crippen molar-refractivity contribution in [3.63, 3.8) is 0 Å². The molecule has 1 aromatic carbocycles. The fraction of sp³-hybridized carbons (Fsp3) is 0.300. The van der Waals surface area contributed by atoms with Crippen LogP contribution in [0.15, 0.2) is 18.2 Å². The molecule has 1 aliphatic heterocycles. The molecule has 0 amide bonds. The number of aryl methyl sites for hydroxylation is 1. The summed E-state index contributed by atoms with van der Waals surface area (Å²) in [4.78, 5) is 10.7. The maximum Gasteiger partial charge on any atom is 0.335 e. The summed E-state index contributed by atoms with van der Waals surface area (Å²) >= 11 is 4.30. The number of benzene rings is 1. The first-order valence-electron chi connectivity index (χ1n) is 4.51. The summed E-state index contributed by atoms with van der Waals surface area (Å²) in [6.07, 6.45) is 2.08. The summed E-state index contributed by atoms with van der Waals surface area (Å²) in [5, 5.41) is 8.83. The van der Waals surface area contributed by atoms with Crippen molar-refractivity contribution in [1.29, 1.82) is 0 Å². The largest absolute Gasteiger partial charge is 0.478 e. The van der Waals surface area contributed by atoms with Crippen molar-refractivity contribution in [3.05, 3.63) is 29.3 Å². The first-order valence-corrected chi connectivity index (χ1v) is 4.91. The van der Waals surface area contributed by atoms with Gasteiger partial charge in [0.05, 0.1) is 11.3 Å². The summed E-state index contributed by atoms with van der Waals surface area (Å²) in [6.45, 7) is 0.874. The molecule has 0 fully saturated rings. The molecule has 3 nitrogen and oxygen atoms in total. The van der Waals surface area contributed by atoms with Gasteiger partial charge in [-0.1, -0.05) is 18.9 Å². The number of carboxylic acid groups (broad SMARTS) is 1. The predicted octanol–water partition coefficient (Wildman–Crippen LogP) is 1.98. The zero-order valence-corrected chi connectivity index (χ0v) is 8.50. The van der Waals surface area contributed by atoms with E-state index in [9.17, 15) is 4.79 Å². The lowest BCUT2D eigenvalue weighted by atomic mass is 10.0. The molecule has 1 aliphatic rings. The van der Waals surface area contributed by atoms with Gasteiger partial charge in [-0.3, -0.25) is 0 Å². The lowest BCUT2D eigenvalue weighted by Gasteiger charge is -2.26. The van der Waals surface area contributed by atoms with Crippen molar-refractivity contribution in [1.82, 2.24) is 0 Å². The third-order valence-corrected chi connectivity index (χ3v) is 2.84. The number of anilines is 1. The van der Waals surface area contributed by atoms with E-state index in [1.54, 1.807) is 12.1 Å². The summed E-state index contributed by atoms with van der Waals surface area (Å²) in [6, 6.07) is 5.21. The maximum atomic E-state index is 10.7. The minimum Gasteiger partial charge on any atom is -0.478 e. The second-order valence-electron chi connectivity index (χ2n) is 3.38. The molecule has 1 N–H and O–H groups in total. The van der Waals surface area contributed by atoms with Crippen LogP contribution < -0.4 is 4.31 Å². The molecule has 1 aromatic rings. The molecule has 0 spiro atoms. The average Bonchev–Trinajstić information content (AvgIpc) is 2.18. The third-order valence-electron chi connectivity index (χ3n) is 2.43. The highest BCUT2D eigenvalue weighted by atomic mass is 32.1. The van der Waals surface area contributed by atoms with E-state index in [2.05, 4.69) is 12.8 Å². The van der Waals surface area contributed by atoms with E-state index in [1.807, 2.05) is 10.4 Å². The first kappa shape index (κ1) is 9.40. The van der Waals surface area contributed by atoms with Crippen LogP contribution in [0.4, 0.5) is 5.69 Å². The molecule has 0 radical (unpaired) electrons. The van der Waals surface area contributed by atoms with Crippen LogP contribution in [0.2, 0.25) is 0 Å². The Labute approximate surface area is 87.9 Å². The number of fused-ring (bicyclic) bond motifs is 1. The highest BCUT2D eigenvalue weighted by Gasteiger charge is 2.16. The van der Waals surface area contributed by atoms with Crippen molar-refractivity contribution < 1.29 is 9.90 Å². The van der Waals surface area contributed by atoms with Crippen LogP contribution >= 0.6 is 12.8 Å². The molecule has 2 rings (SSSR count). The van der Waals surface area contributed by atoms with Crippen molar-refractivity contribution in [3.8, 4) is 0 Å². The van der Waals surface area contributed by atoms with Crippen LogP contribution in [0.25, 0.3) is 0 Å². The second kappa shape index (κ2) is 3.53. The summed E-state index contributed by atoms with van der Waals surface area (Å²) in [5.74, 6) is -0.889. The Hall–Kier alpha value is -1.16. The predicted molar refractivity (Wildman–Crippen MR) is 58.1 cm³/mol. The van der Waals surface area contributed by atoms with Gasteiger partial charge in [0.15, 0.2) is 0 Å². The van der Waals surface area contributed by atoms with E-state index in [0.29, 0.717) is 5.56 Å². The van der Waals surface area contributed by atoms with Gasteiger partial charge in [-0.05, 0) is 30.5 Å². The molecule has 14 heavy (non-hydrogen) atoms. The molecule has 0 atom stereocenters. The SMILES string of the molecule is O=C(O)c1ccc2c(c1)N(S)CCC2. The van der Waals surface area contributed by atoms with Crippen molar-refractivity contribution >= 4 is 24.5 Å². The van der Waals surface area contributed by atoms with E-state index in [0.717, 1.165) is 25.1 Å². The van der Waals surface area contributed by atoms with Crippen molar-refractivity contribution in [2.75, 3.05) is 10.8 Å². The van der Waals surface area contributed by atoms with Crippen molar-refractivity contribution in [2.24, 2.45) is 0 Å². The quantitative estimate of drug-likeness (QED) is 0.695. The van der Waals surface area contributed by atoms with Gasteiger partial charge in [0.25, 0.3) is 0 Å². The van der Waals surface area contributed by atoms with E-state index < -0.39 is 5.97 Å². The maximum absolute atomic E-state index is 10.7. The van der Waals surface area contributed by atoms with E-state index in [1.165, 1.54) is 5.56 Å². The molecule has 0 saturated carbocycles. The number of thiol groups is 1. The van der Waals surface area contributed by atoms with Crippen LogP contribution in [0.5, 0.6) is 0 Å². The van der Waals surface area contributed by atoms with Gasteiger partial charge in [-0.25, -0.2) is 4.79 Å². The Morgan fingerprint density at radius 1 is 1.50 bits per heavy atom. The second-order valence-corrected chi connectivity index (χ2v) is 3.86. The normalized spacial score (nSPS) is 15.1. The number of carbonyl (C=O) groups is 1. The molecule has 0 unspecified atom stereocenters. The van der Waals surface area contributed by atoms with Crippen LogP contribution in [-0.4, -0.2) is 17.6 Å². The van der Waals surface area contributed by atoms with E-state index >= 15 is 0 Å². The third kappa shape index (κ3) is 1.57. The molecular weight excluding hydrogens is 198 g/mol. The smallest absolute Gasteiger partial charge is 0.335 e. The topological polar surface area (TPSA) is 40.5 Å². The van der Waals surface area contributed by atoms with Gasteiger partial charge in [-0.15, -0.1) is 0 Å². The molecule has 74 valence electrons. The number of hydrogen-bond donors (Lipinski definition) is 2. The van der Waals surface area contributed by atoms with Gasteiger partial charge in [0.1, 0.15) is 0 Å². The first-order chi connectivity index (χ1) is 6.68. The average molecular weight is 209 g/mol. The van der Waals surface area contributed by atoms with Crippen LogP contribution in [0.3, 0.4) is 0 Å². The summed E-state index contributed by atoms with van der Waals surface area (Å²) in [7, 11) is 0. The zero-order chi connectivity index (χ0) is 10.1. The van der Waals surface area contributed by atoms with Gasteiger partial charge in [-0.2, -0.15) is 0 Å². The fourth-order valence-electron chi connectivity index (χ4n) is 1.69. The lowest BCUT2D eigenvalue weighted by molar-refractivity contribution is 0.0697. The highest BCUT2D eigenvalue weighted by molar-refractivity contribution is 7.81. The standard InChI is InChI=1S/C10H11NO2S/c12-10(13)8-4-3-7-2-1-5-11(14)9(7)6-8/h3-4,6,14H,1-2,5H2,(H,12,13).